The second kappa shape index (κ2) is 8.66. The van der Waals surface area contributed by atoms with Crippen molar-refractivity contribution in [2.24, 2.45) is 0 Å². The van der Waals surface area contributed by atoms with E-state index in [2.05, 4.69) is 10.3 Å². The highest BCUT2D eigenvalue weighted by Gasteiger charge is 2.45. The Balaban J connectivity index is 2.13. The summed E-state index contributed by atoms with van der Waals surface area (Å²) >= 11 is 25.3. The molecule has 33 heavy (non-hydrogen) atoms. The summed E-state index contributed by atoms with van der Waals surface area (Å²) in [6.45, 7) is 0.940. The second-order valence-corrected chi connectivity index (χ2v) is 10.9. The number of sulfonamides is 1. The third kappa shape index (κ3) is 4.74. The Hall–Kier alpha value is -1.43. The molecule has 0 radical (unpaired) electrons. The van der Waals surface area contributed by atoms with Crippen LogP contribution >= 0.6 is 46.4 Å². The number of benzene rings is 2. The second-order valence-electron chi connectivity index (χ2n) is 7.50. The lowest BCUT2D eigenvalue weighted by Crippen LogP contribution is -2.38. The van der Waals surface area contributed by atoms with Gasteiger partial charge in [0, 0.05) is 34.8 Å². The summed E-state index contributed by atoms with van der Waals surface area (Å²) < 4.78 is 69.5. The Kier molecular flexibility index (Phi) is 6.48. The number of nitrogens with zero attached hydrogens (tertiary/aromatic N) is 2. The van der Waals surface area contributed by atoms with Crippen LogP contribution in [0.5, 0.6) is 0 Å². The SMILES string of the molecule is CS(=O)(=O)NC(c1cc(-c2c(Cl)cc(Cl)cc2Cl)c(Cl)c2nc3n(c12)CCCN3)C(F)(F)F. The molecule has 1 unspecified atom stereocenters. The van der Waals surface area contributed by atoms with Gasteiger partial charge in [-0.3, -0.25) is 0 Å². The zero-order chi connectivity index (χ0) is 24.3. The summed E-state index contributed by atoms with van der Waals surface area (Å²) in [6.07, 6.45) is -3.69. The first-order chi connectivity index (χ1) is 15.3. The molecule has 0 saturated carbocycles. The van der Waals surface area contributed by atoms with Crippen molar-refractivity contribution in [2.45, 2.75) is 25.2 Å². The Labute approximate surface area is 207 Å². The van der Waals surface area contributed by atoms with Gasteiger partial charge in [-0.25, -0.2) is 13.4 Å². The summed E-state index contributed by atoms with van der Waals surface area (Å²) in [5.74, 6) is 0.324. The monoisotopic (exact) mass is 560 g/mol. The summed E-state index contributed by atoms with van der Waals surface area (Å²) in [6, 6.07) is 1.32. The summed E-state index contributed by atoms with van der Waals surface area (Å²) in [7, 11) is -4.26. The fraction of sp³-hybridized carbons (Fsp3) is 0.316. The molecule has 0 bridgehead atoms. The van der Waals surface area contributed by atoms with Crippen LogP contribution in [0, 0.1) is 0 Å². The molecule has 4 rings (SSSR count). The lowest BCUT2D eigenvalue weighted by atomic mass is 9.97. The van der Waals surface area contributed by atoms with E-state index in [0.717, 1.165) is 6.07 Å². The molecule has 0 fully saturated rings. The van der Waals surface area contributed by atoms with Gasteiger partial charge >= 0.3 is 6.18 Å². The van der Waals surface area contributed by atoms with Gasteiger partial charge in [0.1, 0.15) is 11.6 Å². The summed E-state index contributed by atoms with van der Waals surface area (Å²) in [5, 5.41) is 3.38. The number of hydrogen-bond donors (Lipinski definition) is 2. The molecule has 14 heteroatoms. The number of fused-ring (bicyclic) bond motifs is 3. The maximum atomic E-state index is 14.2. The van der Waals surface area contributed by atoms with Gasteiger partial charge < -0.3 is 9.88 Å². The van der Waals surface area contributed by atoms with Gasteiger partial charge in [0.2, 0.25) is 16.0 Å². The average Bonchev–Trinajstić information content (AvgIpc) is 3.06. The standard InChI is InChI=1S/C19H15Cl4F3N4O2S/c1-33(31,32)29-17(19(24,25)26)10-7-9(13-11(21)5-8(20)6-12(13)22)14(23)15-16(10)30-4-2-3-27-18(30)28-15/h5-7,17,29H,2-4H2,1H3,(H,27,28). The molecule has 2 aromatic carbocycles. The van der Waals surface area contributed by atoms with Crippen molar-refractivity contribution in [1.29, 1.82) is 0 Å². The van der Waals surface area contributed by atoms with E-state index in [9.17, 15) is 21.6 Å². The van der Waals surface area contributed by atoms with Crippen LogP contribution in [0.25, 0.3) is 22.2 Å². The van der Waals surface area contributed by atoms with E-state index in [1.807, 2.05) is 0 Å². The minimum absolute atomic E-state index is 0.0175. The molecule has 1 atom stereocenters. The number of nitrogens with one attached hydrogen (secondary N) is 2. The fourth-order valence-electron chi connectivity index (χ4n) is 3.83. The van der Waals surface area contributed by atoms with Crippen LogP contribution in [-0.2, 0) is 16.6 Å². The van der Waals surface area contributed by atoms with E-state index >= 15 is 0 Å². The maximum Gasteiger partial charge on any atom is 0.408 e. The molecule has 0 amide bonds. The van der Waals surface area contributed by atoms with E-state index < -0.39 is 22.2 Å². The van der Waals surface area contributed by atoms with Crippen LogP contribution in [0.15, 0.2) is 18.2 Å². The number of hydrogen-bond acceptors (Lipinski definition) is 4. The van der Waals surface area contributed by atoms with Gasteiger partial charge in [0.15, 0.2) is 0 Å². The molecule has 0 spiro atoms. The zero-order valence-electron chi connectivity index (χ0n) is 16.7. The quantitative estimate of drug-likeness (QED) is 0.393. The largest absolute Gasteiger partial charge is 0.408 e. The van der Waals surface area contributed by atoms with E-state index in [0.29, 0.717) is 31.7 Å². The maximum absolute atomic E-state index is 14.2. The van der Waals surface area contributed by atoms with Crippen molar-refractivity contribution in [2.75, 3.05) is 18.1 Å². The van der Waals surface area contributed by atoms with Crippen molar-refractivity contribution < 1.29 is 21.6 Å². The predicted molar refractivity (Wildman–Crippen MR) is 125 cm³/mol. The van der Waals surface area contributed by atoms with Gasteiger partial charge in [-0.15, -0.1) is 0 Å². The third-order valence-electron chi connectivity index (χ3n) is 5.07. The molecule has 3 aromatic rings. The number of alkyl halides is 3. The molecule has 0 aliphatic carbocycles. The molecule has 2 N–H and O–H groups in total. The molecular weight excluding hydrogens is 547 g/mol. The third-order valence-corrected chi connectivity index (χ3v) is 6.93. The van der Waals surface area contributed by atoms with E-state index in [-0.39, 0.29) is 47.8 Å². The number of aryl methyl sites for hydroxylation is 1. The molecule has 6 nitrogen and oxygen atoms in total. The van der Waals surface area contributed by atoms with Crippen molar-refractivity contribution in [3.8, 4) is 11.1 Å². The van der Waals surface area contributed by atoms with E-state index in [4.69, 9.17) is 46.4 Å². The van der Waals surface area contributed by atoms with Gasteiger partial charge in [0.05, 0.1) is 26.8 Å². The number of aromatic nitrogens is 2. The van der Waals surface area contributed by atoms with Crippen LogP contribution in [0.3, 0.4) is 0 Å². The molecule has 1 aliphatic rings. The van der Waals surface area contributed by atoms with Crippen LogP contribution in [0.1, 0.15) is 18.0 Å². The van der Waals surface area contributed by atoms with Crippen LogP contribution in [-0.4, -0.2) is 36.9 Å². The topological polar surface area (TPSA) is 76.0 Å². The number of halogens is 7. The van der Waals surface area contributed by atoms with Gasteiger partial charge in [0.25, 0.3) is 0 Å². The minimum atomic E-state index is -4.97. The Morgan fingerprint density at radius 2 is 1.79 bits per heavy atom. The van der Waals surface area contributed by atoms with Crippen molar-refractivity contribution in [3.05, 3.63) is 43.9 Å². The molecule has 0 saturated heterocycles. The molecule has 1 aromatic heterocycles. The first-order valence-corrected chi connectivity index (χ1v) is 12.8. The van der Waals surface area contributed by atoms with E-state index in [1.165, 1.54) is 12.1 Å². The Morgan fingerprint density at radius 1 is 1.15 bits per heavy atom. The van der Waals surface area contributed by atoms with Gasteiger partial charge in [-0.2, -0.15) is 17.9 Å². The van der Waals surface area contributed by atoms with Gasteiger partial charge in [-0.05, 0) is 24.6 Å². The summed E-state index contributed by atoms with van der Waals surface area (Å²) in [5.41, 5.74) is -0.0568. The first kappa shape index (κ1) is 24.7. The molecule has 178 valence electrons. The van der Waals surface area contributed by atoms with Crippen LogP contribution in [0.4, 0.5) is 19.1 Å². The number of imidazole rings is 1. The number of anilines is 1. The lowest BCUT2D eigenvalue weighted by molar-refractivity contribution is -0.152. The van der Waals surface area contributed by atoms with Crippen molar-refractivity contribution >= 4 is 73.4 Å². The fourth-order valence-corrected chi connectivity index (χ4v) is 5.82. The Bertz CT molecular complexity index is 1350. The van der Waals surface area contributed by atoms with Crippen LogP contribution < -0.4 is 10.0 Å². The van der Waals surface area contributed by atoms with Crippen molar-refractivity contribution in [1.82, 2.24) is 14.3 Å². The zero-order valence-corrected chi connectivity index (χ0v) is 20.5. The van der Waals surface area contributed by atoms with E-state index in [1.54, 1.807) is 9.29 Å². The molecular formula is C19H15Cl4F3N4O2S. The average molecular weight is 562 g/mol. The highest BCUT2D eigenvalue weighted by molar-refractivity contribution is 7.88. The normalized spacial score (nSPS) is 15.4. The molecule has 2 heterocycles. The van der Waals surface area contributed by atoms with Crippen LogP contribution in [0.2, 0.25) is 20.1 Å². The van der Waals surface area contributed by atoms with Gasteiger partial charge in [-0.1, -0.05) is 46.4 Å². The lowest BCUT2D eigenvalue weighted by Gasteiger charge is -2.25. The predicted octanol–water partition coefficient (Wildman–Crippen LogP) is 6.29. The highest BCUT2D eigenvalue weighted by Crippen LogP contribution is 2.47. The first-order valence-electron chi connectivity index (χ1n) is 9.43. The number of rotatable bonds is 4. The smallest absolute Gasteiger partial charge is 0.356 e. The molecule has 1 aliphatic heterocycles. The highest BCUT2D eigenvalue weighted by atomic mass is 35.5. The summed E-state index contributed by atoms with van der Waals surface area (Å²) in [4.78, 5) is 4.40. The Morgan fingerprint density at radius 3 is 2.36 bits per heavy atom. The minimum Gasteiger partial charge on any atom is -0.356 e. The van der Waals surface area contributed by atoms with Crippen molar-refractivity contribution in [3.63, 3.8) is 0 Å².